The first-order valence-electron chi connectivity index (χ1n) is 45.4. The highest BCUT2D eigenvalue weighted by Crippen LogP contribution is 2.52. The summed E-state index contributed by atoms with van der Waals surface area (Å²) in [6.07, 6.45) is 17.9. The van der Waals surface area contributed by atoms with Crippen LogP contribution in [0, 0.1) is 0 Å². The van der Waals surface area contributed by atoms with Gasteiger partial charge in [0.1, 0.15) is 43.4 Å². The van der Waals surface area contributed by atoms with Crippen molar-refractivity contribution < 1.29 is 180 Å². The van der Waals surface area contributed by atoms with Crippen LogP contribution in [-0.4, -0.2) is 281 Å². The van der Waals surface area contributed by atoms with Crippen molar-refractivity contribution in [2.24, 2.45) is 0 Å². The summed E-state index contributed by atoms with van der Waals surface area (Å²) in [5, 5.41) is 29.9. The van der Waals surface area contributed by atoms with Gasteiger partial charge in [0.05, 0.1) is 115 Å². The van der Waals surface area contributed by atoms with Crippen LogP contribution in [0.1, 0.15) is 180 Å². The minimum absolute atomic E-state index is 0. The highest BCUT2D eigenvalue weighted by Gasteiger charge is 2.49. The third-order valence-electron chi connectivity index (χ3n) is 24.8. The zero-order valence-corrected chi connectivity index (χ0v) is 88.5. The second-order valence-electron chi connectivity index (χ2n) is 37.1. The van der Waals surface area contributed by atoms with Gasteiger partial charge >= 0.3 is 25.5 Å². The minimum Gasteiger partial charge on any atom is -1.00 e. The van der Waals surface area contributed by atoms with E-state index in [-0.39, 0.29) is 120 Å². The van der Waals surface area contributed by atoms with Crippen molar-refractivity contribution in [1.29, 1.82) is 0 Å². The Balaban J connectivity index is 0.000000303. The van der Waals surface area contributed by atoms with E-state index >= 15 is 0 Å². The van der Waals surface area contributed by atoms with Gasteiger partial charge in [-0.15, -0.1) is 9.40 Å². The molecule has 4 aromatic rings. The lowest BCUT2D eigenvalue weighted by Gasteiger charge is -2.28. The van der Waals surface area contributed by atoms with Gasteiger partial charge in [-0.2, -0.15) is 17.6 Å². The number of anilines is 2. The fourth-order valence-corrected chi connectivity index (χ4v) is 22.0. The molecule has 2 fully saturated rings. The summed E-state index contributed by atoms with van der Waals surface area (Å²) in [6, 6.07) is 17.7. The van der Waals surface area contributed by atoms with Gasteiger partial charge in [-0.3, -0.25) is 46.3 Å². The Morgan fingerprint density at radius 2 is 0.871 bits per heavy atom. The standard InChI is InChI=1S/C43H52N4O16S4.C39H49N3O14S4.C9H16N3O3.BF3.FH/c1-42(2)32-26-30(64-63-62-51)12-14-34(32)45(22-6-24-65(52,53)54)36(42)16-10-28-8-5-9-29(41(28)44-21-20-40(50)61-47-38(48)18-19-39(47)49)11-17-37-43(3,4)33-27-31(67(58,59)60)13-15-35(33)46(37)23-7-25-66(55,56)57;1-38(2)30-24-28(59(51,52)53)12-14-32(30)41(20-6-22-57(45,46)47)34(38)16-10-26-8-5-9-27(37(26)40-19-18-36(43)44)11-17-35-39(3,4)31-25-29(60(54,55)56)13-15-33(31)42(35)21-7-23-58(48,49)50;1-10(2)9(11(3)4)15-12-7(13)5-6-8(12)14;2-1(3)4;/h10-17,26-27H,5-9,18-25H2,1-4H3,(H4,51,52,53,54,55,56,57,58,59,60);10-17,24-25H,5-9,18-23H2,1-4H3,(H5,43,44,45,46,47,48,49,50,51,52,53,54,55,56);5-6H2,1-4H3;;1H/q;;+1;;/p-5/b29-11+,37-17-;;;;. The molecule has 2 saturated heterocycles. The zero-order valence-electron chi connectivity index (χ0n) is 82.0. The monoisotopic (exact) mass is 2220 g/mol. The molecule has 6 heterocycles. The highest BCUT2D eigenvalue weighted by molar-refractivity contribution is 7.94. The fraction of sp³-hybridized carbons (Fsp3) is 0.462. The molecule has 147 heavy (non-hydrogen) atoms. The molecule has 43 nitrogen and oxygen atoms in total. The zero-order chi connectivity index (χ0) is 109. The van der Waals surface area contributed by atoms with E-state index in [2.05, 4.69) is 20.0 Å². The summed E-state index contributed by atoms with van der Waals surface area (Å²) in [4.78, 5) is 86.2. The van der Waals surface area contributed by atoms with Crippen LogP contribution in [0.25, 0.3) is 0 Å². The van der Waals surface area contributed by atoms with Crippen molar-refractivity contribution >= 4 is 166 Å². The van der Waals surface area contributed by atoms with Gasteiger partial charge < -0.3 is 62.4 Å². The number of rotatable bonds is 38. The van der Waals surface area contributed by atoms with Crippen LogP contribution in [0.3, 0.4) is 0 Å². The number of allylic oxidation sites excluding steroid dienone is 14. The second kappa shape index (κ2) is 49.3. The number of benzene rings is 4. The molecule has 0 aromatic heterocycles. The van der Waals surface area contributed by atoms with E-state index in [4.69, 9.17) is 14.9 Å². The molecule has 0 saturated carbocycles. The van der Waals surface area contributed by atoms with Crippen molar-refractivity contribution in [1.82, 2.24) is 25.7 Å². The van der Waals surface area contributed by atoms with Crippen molar-refractivity contribution in [3.63, 3.8) is 0 Å². The molecule has 808 valence electrons. The van der Waals surface area contributed by atoms with E-state index in [1.165, 1.54) is 54.6 Å². The Bertz CT molecular complexity index is 6980. The van der Waals surface area contributed by atoms with Gasteiger partial charge in [0, 0.05) is 167 Å². The molecule has 8 aliphatic rings. The van der Waals surface area contributed by atoms with Gasteiger partial charge in [-0.05, 0) is 185 Å². The minimum atomic E-state index is -4.84. The molecule has 12 rings (SSSR count). The number of carbonyl (C=O) groups is 6. The van der Waals surface area contributed by atoms with Crippen LogP contribution in [0.4, 0.5) is 35.7 Å². The van der Waals surface area contributed by atoms with Crippen LogP contribution in [0.5, 0.6) is 0 Å². The predicted molar refractivity (Wildman–Crippen MR) is 520 cm³/mol. The molecular formula is C91H113BF4N10O33S8-4. The van der Waals surface area contributed by atoms with E-state index in [9.17, 15) is 138 Å². The molecule has 0 radical (unpaired) electrons. The quantitative estimate of drug-likeness (QED) is 0.00361. The van der Waals surface area contributed by atoms with Crippen LogP contribution in [0.15, 0.2) is 186 Å². The lowest BCUT2D eigenvalue weighted by atomic mass is 9.81. The van der Waals surface area contributed by atoms with Gasteiger partial charge in [0.2, 0.25) is 11.4 Å². The van der Waals surface area contributed by atoms with E-state index in [0.29, 0.717) is 117 Å². The topological polar surface area (TPSA) is 627 Å². The molecule has 6 aliphatic heterocycles. The molecule has 56 heteroatoms. The smallest absolute Gasteiger partial charge is 0.762 e. The number of carbonyl (C=O) groups excluding carboxylic acids is 5. The van der Waals surface area contributed by atoms with Crippen LogP contribution in [0.2, 0.25) is 0 Å². The second-order valence-corrected chi connectivity index (χ2v) is 48.2. The average Bonchev–Trinajstić information content (AvgIpc) is 1.61. The number of amidine groups is 1. The number of aliphatic carboxylic acids is 1. The maximum atomic E-state index is 12.9. The van der Waals surface area contributed by atoms with Crippen molar-refractivity contribution in [2.75, 3.05) is 100 Å². The third kappa shape index (κ3) is 32.1. The Hall–Kier alpha value is -10.8. The van der Waals surface area contributed by atoms with Crippen molar-refractivity contribution in [3.8, 4) is 0 Å². The van der Waals surface area contributed by atoms with Crippen molar-refractivity contribution in [3.05, 3.63) is 189 Å². The van der Waals surface area contributed by atoms with E-state index in [1.807, 2.05) is 102 Å². The lowest BCUT2D eigenvalue weighted by Crippen LogP contribution is -3.00. The molecule has 0 spiro atoms. The molecule has 0 atom stereocenters. The molecule has 2 aliphatic carbocycles. The number of hydrogen-bond acceptors (Lipinski definition) is 36. The Labute approximate surface area is 854 Å². The summed E-state index contributed by atoms with van der Waals surface area (Å²) >= 11 is 0.772. The number of halogens is 4. The summed E-state index contributed by atoms with van der Waals surface area (Å²) in [5.41, 5.74) is 8.15. The number of imide groups is 2. The number of nitrogens with one attached hydrogen (secondary N) is 2. The average molecular weight is 2220 g/mol. The maximum Gasteiger partial charge on any atom is 0.762 e. The first kappa shape index (κ1) is 121. The number of nitrogens with zero attached hydrogens (tertiary/aromatic N) is 8. The predicted octanol–water partition coefficient (Wildman–Crippen LogP) is 5.35. The van der Waals surface area contributed by atoms with E-state index in [0.717, 1.165) is 56.4 Å². The number of amides is 4. The highest BCUT2D eigenvalue weighted by atomic mass is 32.2. The van der Waals surface area contributed by atoms with Crippen molar-refractivity contribution in [2.45, 2.75) is 199 Å². The number of hydroxylamine groups is 4. The van der Waals surface area contributed by atoms with Crippen LogP contribution < -0.4 is 25.1 Å². The largest absolute Gasteiger partial charge is 1.00 e. The van der Waals surface area contributed by atoms with Gasteiger partial charge in [0.25, 0.3) is 33.7 Å². The lowest BCUT2D eigenvalue weighted by molar-refractivity contribution is -0.484. The maximum absolute atomic E-state index is 12.9. The van der Waals surface area contributed by atoms with Gasteiger partial charge in [0.15, 0.2) is 11.4 Å². The van der Waals surface area contributed by atoms with E-state index in [1.54, 1.807) is 76.3 Å². The van der Waals surface area contributed by atoms with Crippen LogP contribution in [-0.2, 0) is 140 Å². The number of hydrogen-bond donors (Lipinski definition) is 5. The van der Waals surface area contributed by atoms with Crippen LogP contribution >= 0.6 is 12.0 Å². The fourth-order valence-electron chi connectivity index (χ4n) is 18.1. The Morgan fingerprint density at radius 3 is 1.24 bits per heavy atom. The van der Waals surface area contributed by atoms with E-state index < -0.39 is 161 Å². The molecular weight excluding hydrogens is 2100 g/mol. The summed E-state index contributed by atoms with van der Waals surface area (Å²) < 4.78 is 284. The Kier molecular flexibility index (Phi) is 40.7. The van der Waals surface area contributed by atoms with Gasteiger partial charge in [-0.1, -0.05) is 62.1 Å². The number of fused-ring (bicyclic) bond motifs is 4. The van der Waals surface area contributed by atoms with Gasteiger partial charge in [-0.25, -0.2) is 70.0 Å². The summed E-state index contributed by atoms with van der Waals surface area (Å²) in [7, 11) is -29.0. The normalized spacial score (nSPS) is 18.7. The molecule has 0 bridgehead atoms. The first-order chi connectivity index (χ1) is 67.6. The molecule has 0 unspecified atom stereocenters. The molecule has 4 aromatic carbocycles. The third-order valence-corrected chi connectivity index (χ3v) is 31.1. The number of carboxylic acids is 1. The first-order valence-corrected chi connectivity index (χ1v) is 56.7. The number of carboxylic acid groups (broad SMARTS) is 1. The summed E-state index contributed by atoms with van der Waals surface area (Å²) in [6.45, 7) is 15.3. The summed E-state index contributed by atoms with van der Waals surface area (Å²) in [5.74, 6) is -6.12. The molecule has 5 N–H and O–H groups in total. The molecule has 4 amide bonds. The SMILES string of the molecule is CC1(C)C(/C=C/C2=C(NCCC(=O)ON3C(=O)CCC3=O)C(=C/C=C3\N(CCCS(=O)(=O)[O-])c4ccc(S(=O)(=O)[O-])cc4C3(C)C)/CCC2)=[N+](CCCS(=O)(=O)[O-])c2ccc(SOOO)cc21.CC1(C)C(=CC=C2CCCC(C=CC3=[N+](CCCS(=O)(=O)[O-])c4ccc(S(=O)(=O)[O-])cc4C3(C)C)=C2NCCC(=O)O)N(CCCS(=O)(=O)O)c2ccc(S(=O)(=O)[O-])cc21.CN(C)C(ON1C(=O)CCC1=O)=[N+](C)C.FB(F)F.[F-]. The Morgan fingerprint density at radius 1 is 0.503 bits per heavy atom.